The molecule has 0 aliphatic carbocycles. The minimum atomic E-state index is 0.881. The number of nitrogens with zero attached hydrogens (tertiary/aromatic N) is 3. The van der Waals surface area contributed by atoms with Crippen molar-refractivity contribution in [1.82, 2.24) is 14.5 Å². The molecule has 0 bridgehead atoms. The van der Waals surface area contributed by atoms with Crippen LogP contribution in [0.4, 0.5) is 0 Å². The maximum absolute atomic E-state index is 4.55. The highest BCUT2D eigenvalue weighted by Gasteiger charge is 2.11. The van der Waals surface area contributed by atoms with Crippen molar-refractivity contribution >= 4 is 6.08 Å². The number of pyridine rings is 1. The zero-order chi connectivity index (χ0) is 12.3. The zero-order valence-corrected chi connectivity index (χ0v) is 10.1. The van der Waals surface area contributed by atoms with Gasteiger partial charge in [-0.15, -0.1) is 0 Å². The number of imidazole rings is 1. The molecule has 0 radical (unpaired) electrons. The van der Waals surface area contributed by atoms with E-state index in [4.69, 9.17) is 0 Å². The third-order valence-electron chi connectivity index (χ3n) is 2.61. The van der Waals surface area contributed by atoms with E-state index in [9.17, 15) is 0 Å². The van der Waals surface area contributed by atoms with Gasteiger partial charge in [0.2, 0.25) is 0 Å². The van der Waals surface area contributed by atoms with E-state index in [0.717, 1.165) is 22.9 Å². The molecule has 0 aromatic carbocycles. The van der Waals surface area contributed by atoms with Crippen LogP contribution in [-0.2, 0) is 7.05 Å². The van der Waals surface area contributed by atoms with Gasteiger partial charge in [0.15, 0.2) is 5.82 Å². The molecule has 3 nitrogen and oxygen atoms in total. The summed E-state index contributed by atoms with van der Waals surface area (Å²) >= 11 is 0. The van der Waals surface area contributed by atoms with Gasteiger partial charge in [-0.1, -0.05) is 24.8 Å². The van der Waals surface area contributed by atoms with E-state index in [1.807, 2.05) is 48.9 Å². The van der Waals surface area contributed by atoms with Crippen LogP contribution < -0.4 is 0 Å². The van der Waals surface area contributed by atoms with E-state index < -0.39 is 0 Å². The molecular weight excluding hydrogens is 210 g/mol. The Hall–Kier alpha value is -2.16. The molecule has 0 fully saturated rings. The fourth-order valence-electron chi connectivity index (χ4n) is 1.76. The highest BCUT2D eigenvalue weighted by atomic mass is 15.1. The lowest BCUT2D eigenvalue weighted by molar-refractivity contribution is 0.906. The molecule has 0 saturated carbocycles. The SMILES string of the molecule is C=C/C=C\c1c(C)nc(-c2ccccn2)n1C. The first-order valence-electron chi connectivity index (χ1n) is 5.48. The summed E-state index contributed by atoms with van der Waals surface area (Å²) in [5.74, 6) is 0.881. The summed E-state index contributed by atoms with van der Waals surface area (Å²) in [6, 6.07) is 5.83. The number of aromatic nitrogens is 3. The van der Waals surface area contributed by atoms with Crippen LogP contribution in [0.5, 0.6) is 0 Å². The van der Waals surface area contributed by atoms with E-state index in [-0.39, 0.29) is 0 Å². The molecule has 0 unspecified atom stereocenters. The van der Waals surface area contributed by atoms with E-state index in [0.29, 0.717) is 0 Å². The van der Waals surface area contributed by atoms with Crippen molar-refractivity contribution in [3.8, 4) is 11.5 Å². The van der Waals surface area contributed by atoms with Crippen molar-refractivity contribution in [1.29, 1.82) is 0 Å². The normalized spacial score (nSPS) is 10.9. The molecule has 2 aromatic heterocycles. The van der Waals surface area contributed by atoms with Gasteiger partial charge in [-0.2, -0.15) is 0 Å². The van der Waals surface area contributed by atoms with Gasteiger partial charge in [0.1, 0.15) is 5.69 Å². The minimum absolute atomic E-state index is 0.881. The fraction of sp³-hybridized carbons (Fsp3) is 0.143. The third-order valence-corrected chi connectivity index (χ3v) is 2.61. The average Bonchev–Trinajstić information content (AvgIpc) is 2.64. The molecule has 2 rings (SSSR count). The quantitative estimate of drug-likeness (QED) is 0.752. The Morgan fingerprint density at radius 1 is 1.35 bits per heavy atom. The average molecular weight is 225 g/mol. The molecule has 0 spiro atoms. The van der Waals surface area contributed by atoms with Crippen molar-refractivity contribution in [3.05, 3.63) is 54.5 Å². The maximum Gasteiger partial charge on any atom is 0.159 e. The molecule has 0 amide bonds. The summed E-state index contributed by atoms with van der Waals surface area (Å²) in [4.78, 5) is 8.87. The lowest BCUT2D eigenvalue weighted by Crippen LogP contribution is -1.96. The first-order valence-corrected chi connectivity index (χ1v) is 5.48. The van der Waals surface area contributed by atoms with Gasteiger partial charge < -0.3 is 4.57 Å². The molecule has 0 atom stereocenters. The van der Waals surface area contributed by atoms with Gasteiger partial charge in [-0.05, 0) is 25.1 Å². The van der Waals surface area contributed by atoms with E-state index in [1.54, 1.807) is 12.3 Å². The third kappa shape index (κ3) is 2.18. The highest BCUT2D eigenvalue weighted by molar-refractivity contribution is 5.58. The Balaban J connectivity index is 2.51. The molecule has 17 heavy (non-hydrogen) atoms. The van der Waals surface area contributed by atoms with Crippen molar-refractivity contribution in [2.75, 3.05) is 0 Å². The van der Waals surface area contributed by atoms with Crippen molar-refractivity contribution in [2.45, 2.75) is 6.92 Å². The fourth-order valence-corrected chi connectivity index (χ4v) is 1.76. The second-order valence-corrected chi connectivity index (χ2v) is 3.77. The molecule has 0 saturated heterocycles. The summed E-state index contributed by atoms with van der Waals surface area (Å²) < 4.78 is 2.04. The van der Waals surface area contributed by atoms with Crippen LogP contribution in [0.2, 0.25) is 0 Å². The first kappa shape index (κ1) is 11.3. The maximum atomic E-state index is 4.55. The molecule has 86 valence electrons. The van der Waals surface area contributed by atoms with Crippen LogP contribution in [0.1, 0.15) is 11.4 Å². The Kier molecular flexibility index (Phi) is 3.19. The summed E-state index contributed by atoms with van der Waals surface area (Å²) in [5.41, 5.74) is 2.95. The monoisotopic (exact) mass is 225 g/mol. The zero-order valence-electron chi connectivity index (χ0n) is 10.1. The van der Waals surface area contributed by atoms with Crippen molar-refractivity contribution in [2.24, 2.45) is 7.05 Å². The van der Waals surface area contributed by atoms with Crippen LogP contribution in [0, 0.1) is 6.92 Å². The summed E-state index contributed by atoms with van der Waals surface area (Å²) in [5, 5.41) is 0. The Morgan fingerprint density at radius 2 is 2.18 bits per heavy atom. The van der Waals surface area contributed by atoms with Gasteiger partial charge in [0.25, 0.3) is 0 Å². The van der Waals surface area contributed by atoms with Crippen LogP contribution >= 0.6 is 0 Å². The predicted octanol–water partition coefficient (Wildman–Crippen LogP) is 2.99. The standard InChI is InChI=1S/C14H15N3/c1-4-5-9-13-11(2)16-14(17(13)3)12-8-6-7-10-15-12/h4-10H,1H2,2-3H3/b9-5-. The van der Waals surface area contributed by atoms with Gasteiger partial charge in [0.05, 0.1) is 11.4 Å². The largest absolute Gasteiger partial charge is 0.326 e. The lowest BCUT2D eigenvalue weighted by Gasteiger charge is -2.02. The van der Waals surface area contributed by atoms with Crippen LogP contribution in [0.15, 0.2) is 43.1 Å². The topological polar surface area (TPSA) is 30.7 Å². The Bertz CT molecular complexity index is 550. The summed E-state index contributed by atoms with van der Waals surface area (Å²) in [7, 11) is 1.99. The van der Waals surface area contributed by atoms with Gasteiger partial charge in [0, 0.05) is 13.2 Å². The van der Waals surface area contributed by atoms with Gasteiger partial charge in [-0.3, -0.25) is 4.98 Å². The molecule has 0 N–H and O–H groups in total. The van der Waals surface area contributed by atoms with E-state index >= 15 is 0 Å². The van der Waals surface area contributed by atoms with Gasteiger partial charge >= 0.3 is 0 Å². The number of aryl methyl sites for hydroxylation is 1. The highest BCUT2D eigenvalue weighted by Crippen LogP contribution is 2.19. The number of hydrogen-bond acceptors (Lipinski definition) is 2. The number of allylic oxidation sites excluding steroid dienone is 2. The molecular formula is C14H15N3. The molecule has 0 aliphatic rings. The lowest BCUT2D eigenvalue weighted by atomic mass is 10.3. The second-order valence-electron chi connectivity index (χ2n) is 3.77. The summed E-state index contributed by atoms with van der Waals surface area (Å²) in [6.07, 6.45) is 7.44. The van der Waals surface area contributed by atoms with Crippen LogP contribution in [0.3, 0.4) is 0 Å². The van der Waals surface area contributed by atoms with Gasteiger partial charge in [-0.25, -0.2) is 4.98 Å². The van der Waals surface area contributed by atoms with Crippen molar-refractivity contribution in [3.63, 3.8) is 0 Å². The predicted molar refractivity (Wildman–Crippen MR) is 70.4 cm³/mol. The van der Waals surface area contributed by atoms with Crippen LogP contribution in [-0.4, -0.2) is 14.5 Å². The Labute approximate surface area is 101 Å². The smallest absolute Gasteiger partial charge is 0.159 e. The molecule has 2 heterocycles. The van der Waals surface area contributed by atoms with E-state index in [2.05, 4.69) is 16.5 Å². The first-order chi connectivity index (χ1) is 8.24. The van der Waals surface area contributed by atoms with E-state index in [1.165, 1.54) is 0 Å². The van der Waals surface area contributed by atoms with Crippen LogP contribution in [0.25, 0.3) is 17.6 Å². The Morgan fingerprint density at radius 3 is 2.82 bits per heavy atom. The summed E-state index contributed by atoms with van der Waals surface area (Å²) in [6.45, 7) is 5.67. The molecule has 0 aliphatic heterocycles. The molecule has 2 aromatic rings. The minimum Gasteiger partial charge on any atom is -0.326 e. The number of rotatable bonds is 3. The second kappa shape index (κ2) is 4.78. The van der Waals surface area contributed by atoms with Crippen molar-refractivity contribution < 1.29 is 0 Å². The number of hydrogen-bond donors (Lipinski definition) is 0. The molecule has 3 heteroatoms.